The quantitative estimate of drug-likeness (QED) is 0.438. The van der Waals surface area contributed by atoms with E-state index >= 15 is 0 Å². The Bertz CT molecular complexity index is 483. The highest BCUT2D eigenvalue weighted by atomic mass is 16.2. The van der Waals surface area contributed by atoms with Gasteiger partial charge in [-0.3, -0.25) is 24.8 Å². The fourth-order valence-electron chi connectivity index (χ4n) is 2.63. The predicted molar refractivity (Wildman–Crippen MR) is 82.6 cm³/mol. The summed E-state index contributed by atoms with van der Waals surface area (Å²) in [6, 6.07) is -0.701. The molecular weight excluding hydrogens is 284 g/mol. The molecule has 0 unspecified atom stereocenters. The summed E-state index contributed by atoms with van der Waals surface area (Å²) in [6.07, 6.45) is 6.50. The minimum atomic E-state index is -1.03. The zero-order valence-electron chi connectivity index (χ0n) is 12.7. The zero-order chi connectivity index (χ0) is 15.9. The van der Waals surface area contributed by atoms with Crippen LogP contribution in [0.4, 0.5) is 4.79 Å². The summed E-state index contributed by atoms with van der Waals surface area (Å²) in [5, 5.41) is 2.16. The monoisotopic (exact) mass is 306 g/mol. The van der Waals surface area contributed by atoms with Crippen molar-refractivity contribution in [1.29, 1.82) is 0 Å². The van der Waals surface area contributed by atoms with E-state index in [9.17, 15) is 14.4 Å². The molecule has 0 spiro atoms. The molecule has 2 aliphatic rings. The van der Waals surface area contributed by atoms with Crippen molar-refractivity contribution in [3.05, 3.63) is 12.7 Å². The van der Waals surface area contributed by atoms with Gasteiger partial charge in [-0.25, -0.2) is 4.79 Å². The van der Waals surface area contributed by atoms with E-state index in [1.165, 1.54) is 31.6 Å². The van der Waals surface area contributed by atoms with Crippen molar-refractivity contribution in [1.82, 2.24) is 15.1 Å². The maximum Gasteiger partial charge on any atom is 0.331 e. The number of nitrogens with zero attached hydrogens (tertiary/aromatic N) is 3. The molecular formula is C15H22N4O3. The van der Waals surface area contributed by atoms with Crippen molar-refractivity contribution in [2.24, 2.45) is 10.9 Å². The van der Waals surface area contributed by atoms with Crippen molar-refractivity contribution in [3.63, 3.8) is 0 Å². The van der Waals surface area contributed by atoms with Crippen LogP contribution in [0.2, 0.25) is 0 Å². The van der Waals surface area contributed by atoms with E-state index in [2.05, 4.69) is 21.8 Å². The number of rotatable bonds is 6. The van der Waals surface area contributed by atoms with Crippen LogP contribution in [0.15, 0.2) is 17.6 Å². The van der Waals surface area contributed by atoms with Crippen LogP contribution >= 0.6 is 0 Å². The lowest BCUT2D eigenvalue weighted by atomic mass is 10.1. The molecule has 2 saturated heterocycles. The largest absolute Gasteiger partial charge is 0.331 e. The summed E-state index contributed by atoms with van der Waals surface area (Å²) < 4.78 is 0. The third-order valence-electron chi connectivity index (χ3n) is 3.85. The highest BCUT2D eigenvalue weighted by Gasteiger charge is 2.38. The normalized spacial score (nSPS) is 23.9. The second-order valence-electron chi connectivity index (χ2n) is 5.47. The molecule has 0 radical (unpaired) electrons. The first-order valence-electron chi connectivity index (χ1n) is 7.63. The Morgan fingerprint density at radius 3 is 2.64 bits per heavy atom. The van der Waals surface area contributed by atoms with Gasteiger partial charge < -0.3 is 4.90 Å². The van der Waals surface area contributed by atoms with Gasteiger partial charge in [-0.15, -0.1) is 6.58 Å². The number of barbiturate groups is 1. The van der Waals surface area contributed by atoms with Crippen LogP contribution in [0, 0.1) is 5.92 Å². The maximum atomic E-state index is 12.1. The average Bonchev–Trinajstić information content (AvgIpc) is 2.51. The van der Waals surface area contributed by atoms with Crippen molar-refractivity contribution < 1.29 is 14.4 Å². The van der Waals surface area contributed by atoms with Crippen LogP contribution in [0.1, 0.15) is 19.3 Å². The van der Waals surface area contributed by atoms with E-state index in [0.717, 1.165) is 24.5 Å². The molecule has 1 N–H and O–H groups in total. The van der Waals surface area contributed by atoms with Gasteiger partial charge in [-0.05, 0) is 25.9 Å². The van der Waals surface area contributed by atoms with Crippen LogP contribution in [0.5, 0.6) is 0 Å². The van der Waals surface area contributed by atoms with Crippen molar-refractivity contribution in [2.45, 2.75) is 19.3 Å². The van der Waals surface area contributed by atoms with Gasteiger partial charge in [0.25, 0.3) is 0 Å². The summed E-state index contributed by atoms with van der Waals surface area (Å²) in [6.45, 7) is 7.12. The third kappa shape index (κ3) is 4.00. The number of carbonyl (C=O) groups excluding carboxylic acids is 3. The first-order valence-corrected chi connectivity index (χ1v) is 7.63. The number of aliphatic imine (C=N–C) groups is 1. The minimum absolute atomic E-state index is 0.0794. The fourth-order valence-corrected chi connectivity index (χ4v) is 2.63. The summed E-state index contributed by atoms with van der Waals surface area (Å²) in [7, 11) is 0. The highest BCUT2D eigenvalue weighted by Crippen LogP contribution is 2.10. The molecule has 0 bridgehead atoms. The minimum Gasteiger partial charge on any atom is -0.302 e. The molecule has 7 nitrogen and oxygen atoms in total. The maximum absolute atomic E-state index is 12.1. The number of hydrogen-bond donors (Lipinski definition) is 1. The molecule has 7 heteroatoms. The standard InChI is InChI=1S/C15H22N4O3/c1-2-7-19-14(21)12(13(20)17-15(19)22)11-16-6-10-18-8-4-3-5-9-18/h2,11-12H,1,3-10H2,(H,17,20,22)/t12-/m1/s1. The summed E-state index contributed by atoms with van der Waals surface area (Å²) in [5.74, 6) is -2.19. The third-order valence-corrected chi connectivity index (χ3v) is 3.85. The number of carbonyl (C=O) groups is 3. The number of imide groups is 2. The predicted octanol–water partition coefficient (Wildman–Crippen LogP) is 0.424. The summed E-state index contributed by atoms with van der Waals surface area (Å²) >= 11 is 0. The molecule has 4 amide bonds. The molecule has 2 heterocycles. The van der Waals surface area contributed by atoms with E-state index < -0.39 is 23.8 Å². The van der Waals surface area contributed by atoms with E-state index in [1.54, 1.807) is 0 Å². The first-order chi connectivity index (χ1) is 10.6. The SMILES string of the molecule is C=CCN1C(=O)NC(=O)[C@@H](C=NCCN2CCCCC2)C1=O. The van der Waals surface area contributed by atoms with E-state index in [4.69, 9.17) is 0 Å². The Balaban J connectivity index is 1.87. The van der Waals surface area contributed by atoms with Gasteiger partial charge >= 0.3 is 6.03 Å². The topological polar surface area (TPSA) is 82.1 Å². The lowest BCUT2D eigenvalue weighted by Gasteiger charge is -2.27. The number of nitrogens with one attached hydrogen (secondary N) is 1. The van der Waals surface area contributed by atoms with Crippen LogP contribution < -0.4 is 5.32 Å². The van der Waals surface area contributed by atoms with Gasteiger partial charge in [0.15, 0.2) is 5.92 Å². The van der Waals surface area contributed by atoms with Gasteiger partial charge in [-0.2, -0.15) is 0 Å². The van der Waals surface area contributed by atoms with Gasteiger partial charge in [0, 0.05) is 19.3 Å². The summed E-state index contributed by atoms with van der Waals surface area (Å²) in [4.78, 5) is 42.9. The van der Waals surface area contributed by atoms with Crippen LogP contribution in [0.3, 0.4) is 0 Å². The van der Waals surface area contributed by atoms with Gasteiger partial charge in [0.05, 0.1) is 6.54 Å². The second kappa shape index (κ2) is 7.84. The molecule has 120 valence electrons. The Morgan fingerprint density at radius 2 is 1.95 bits per heavy atom. The van der Waals surface area contributed by atoms with Gasteiger partial charge in [0.2, 0.25) is 11.8 Å². The highest BCUT2D eigenvalue weighted by molar-refractivity contribution is 6.23. The lowest BCUT2D eigenvalue weighted by molar-refractivity contribution is -0.138. The number of hydrogen-bond acceptors (Lipinski definition) is 5. The van der Waals surface area contributed by atoms with Crippen molar-refractivity contribution >= 4 is 24.1 Å². The Morgan fingerprint density at radius 1 is 1.23 bits per heavy atom. The molecule has 0 saturated carbocycles. The molecule has 0 aromatic heterocycles. The number of likely N-dealkylation sites (tertiary alicyclic amines) is 1. The second-order valence-corrected chi connectivity index (χ2v) is 5.47. The van der Waals surface area contributed by atoms with Gasteiger partial charge in [0.1, 0.15) is 0 Å². The molecule has 1 atom stereocenters. The van der Waals surface area contributed by atoms with Crippen molar-refractivity contribution in [2.75, 3.05) is 32.7 Å². The first kappa shape index (κ1) is 16.4. The Kier molecular flexibility index (Phi) is 5.83. The van der Waals surface area contributed by atoms with E-state index in [-0.39, 0.29) is 6.54 Å². The molecule has 0 aromatic rings. The fraction of sp³-hybridized carbons (Fsp3) is 0.600. The smallest absolute Gasteiger partial charge is 0.302 e. The van der Waals surface area contributed by atoms with Crippen LogP contribution in [-0.2, 0) is 9.59 Å². The zero-order valence-corrected chi connectivity index (χ0v) is 12.7. The molecule has 2 aliphatic heterocycles. The average molecular weight is 306 g/mol. The van der Waals surface area contributed by atoms with E-state index in [1.807, 2.05) is 0 Å². The number of amides is 4. The Labute approximate surface area is 130 Å². The molecule has 0 aromatic carbocycles. The van der Waals surface area contributed by atoms with Crippen molar-refractivity contribution in [3.8, 4) is 0 Å². The molecule has 2 fully saturated rings. The Hall–Kier alpha value is -2.02. The molecule has 0 aliphatic carbocycles. The molecule has 22 heavy (non-hydrogen) atoms. The number of urea groups is 1. The van der Waals surface area contributed by atoms with E-state index in [0.29, 0.717) is 6.54 Å². The van der Waals surface area contributed by atoms with Crippen LogP contribution in [0.25, 0.3) is 0 Å². The lowest BCUT2D eigenvalue weighted by Crippen LogP contribution is -2.58. The molecule has 2 rings (SSSR count). The summed E-state index contributed by atoms with van der Waals surface area (Å²) in [5.41, 5.74) is 0. The number of piperidine rings is 1. The van der Waals surface area contributed by atoms with Crippen LogP contribution in [-0.4, -0.2) is 66.6 Å². The van der Waals surface area contributed by atoms with Gasteiger partial charge in [-0.1, -0.05) is 12.5 Å².